The summed E-state index contributed by atoms with van der Waals surface area (Å²) in [5.74, 6) is 0.768. The van der Waals surface area contributed by atoms with E-state index in [1.807, 2.05) is 17.5 Å². The number of thiazole rings is 1. The van der Waals surface area contributed by atoms with Crippen molar-refractivity contribution in [3.05, 3.63) is 16.1 Å². The molecule has 2 rings (SSSR count). The Balaban J connectivity index is 1.68. The number of hydrogen-bond acceptors (Lipinski definition) is 4. The molecule has 1 unspecified atom stereocenters. The fraction of sp³-hybridized carbons (Fsp3) is 0.786. The maximum atomic E-state index is 5.38. The Labute approximate surface area is 114 Å². The molecule has 2 heterocycles. The molecule has 0 amide bonds. The Kier molecular flexibility index (Phi) is 4.76. The Bertz CT molecular complexity index is 364. The van der Waals surface area contributed by atoms with Gasteiger partial charge in [0.1, 0.15) is 0 Å². The summed E-state index contributed by atoms with van der Waals surface area (Å²) in [7, 11) is 0. The highest BCUT2D eigenvalue weighted by Crippen LogP contribution is 2.26. The van der Waals surface area contributed by atoms with E-state index in [0.29, 0.717) is 0 Å². The minimum Gasteiger partial charge on any atom is -0.381 e. The smallest absolute Gasteiger partial charge is 0.0981 e. The zero-order valence-electron chi connectivity index (χ0n) is 11.7. The second-order valence-corrected chi connectivity index (χ2v) is 7.19. The molecule has 0 aliphatic carbocycles. The highest BCUT2D eigenvalue weighted by Gasteiger charge is 2.18. The molecule has 0 aromatic carbocycles. The van der Waals surface area contributed by atoms with Gasteiger partial charge in [0.25, 0.3) is 0 Å². The number of aromatic nitrogens is 1. The highest BCUT2D eigenvalue weighted by molar-refractivity contribution is 7.11. The van der Waals surface area contributed by atoms with Gasteiger partial charge in [-0.25, -0.2) is 4.98 Å². The van der Waals surface area contributed by atoms with Gasteiger partial charge >= 0.3 is 0 Å². The molecule has 0 bridgehead atoms. The van der Waals surface area contributed by atoms with Gasteiger partial charge in [0.05, 0.1) is 5.01 Å². The third-order valence-electron chi connectivity index (χ3n) is 3.25. The van der Waals surface area contributed by atoms with E-state index in [0.717, 1.165) is 32.2 Å². The molecule has 0 radical (unpaired) electrons. The van der Waals surface area contributed by atoms with Crippen molar-refractivity contribution < 1.29 is 4.74 Å². The monoisotopic (exact) mass is 268 g/mol. The van der Waals surface area contributed by atoms with Crippen LogP contribution >= 0.6 is 11.3 Å². The summed E-state index contributed by atoms with van der Waals surface area (Å²) in [5, 5.41) is 4.73. The van der Waals surface area contributed by atoms with Crippen molar-refractivity contribution in [2.24, 2.45) is 5.92 Å². The Hall–Kier alpha value is -0.450. The molecular weight excluding hydrogens is 244 g/mol. The van der Waals surface area contributed by atoms with Gasteiger partial charge in [-0.15, -0.1) is 11.3 Å². The molecule has 4 heteroatoms. The molecule has 1 aromatic rings. The summed E-state index contributed by atoms with van der Waals surface area (Å²) in [6.45, 7) is 10.6. The number of ether oxygens (including phenoxy) is 1. The summed E-state index contributed by atoms with van der Waals surface area (Å²) in [5.41, 5.74) is 0.171. The van der Waals surface area contributed by atoms with Crippen LogP contribution in [0.25, 0.3) is 0 Å². The highest BCUT2D eigenvalue weighted by atomic mass is 32.1. The first kappa shape index (κ1) is 14.0. The third kappa shape index (κ3) is 4.04. The normalized spacial score (nSPS) is 20.5. The van der Waals surface area contributed by atoms with Crippen molar-refractivity contribution in [2.75, 3.05) is 19.8 Å². The van der Waals surface area contributed by atoms with Crippen molar-refractivity contribution in [1.82, 2.24) is 10.3 Å². The molecule has 0 saturated carbocycles. The van der Waals surface area contributed by atoms with Gasteiger partial charge in [-0.05, 0) is 25.3 Å². The van der Waals surface area contributed by atoms with E-state index in [1.165, 1.54) is 22.7 Å². The molecule has 18 heavy (non-hydrogen) atoms. The third-order valence-corrected chi connectivity index (χ3v) is 4.67. The van der Waals surface area contributed by atoms with Gasteiger partial charge < -0.3 is 10.1 Å². The number of hydrogen-bond donors (Lipinski definition) is 1. The summed E-state index contributed by atoms with van der Waals surface area (Å²) in [6, 6.07) is 0. The average molecular weight is 268 g/mol. The van der Waals surface area contributed by atoms with Crippen LogP contribution in [0, 0.1) is 5.92 Å². The lowest BCUT2D eigenvalue weighted by atomic mass is 9.98. The van der Waals surface area contributed by atoms with E-state index in [9.17, 15) is 0 Å². The van der Waals surface area contributed by atoms with Gasteiger partial charge in [-0.1, -0.05) is 20.8 Å². The van der Waals surface area contributed by atoms with Crippen LogP contribution in [0.3, 0.4) is 0 Å². The summed E-state index contributed by atoms with van der Waals surface area (Å²) in [4.78, 5) is 5.84. The minimum absolute atomic E-state index is 0.171. The number of nitrogens with one attached hydrogen (secondary N) is 1. The lowest BCUT2D eigenvalue weighted by Crippen LogP contribution is -2.17. The van der Waals surface area contributed by atoms with Gasteiger partial charge in [0.15, 0.2) is 0 Å². The van der Waals surface area contributed by atoms with Gasteiger partial charge in [0, 0.05) is 36.2 Å². The van der Waals surface area contributed by atoms with E-state index in [4.69, 9.17) is 4.74 Å². The lowest BCUT2D eigenvalue weighted by molar-refractivity contribution is 0.184. The molecule has 1 N–H and O–H groups in total. The van der Waals surface area contributed by atoms with Crippen LogP contribution in [0.5, 0.6) is 0 Å². The average Bonchev–Trinajstić information content (AvgIpc) is 2.95. The van der Waals surface area contributed by atoms with Crippen LogP contribution in [0.2, 0.25) is 0 Å². The van der Waals surface area contributed by atoms with Crippen molar-refractivity contribution in [3.8, 4) is 0 Å². The van der Waals surface area contributed by atoms with Gasteiger partial charge in [-0.2, -0.15) is 0 Å². The molecule has 1 atom stereocenters. The fourth-order valence-corrected chi connectivity index (χ4v) is 3.00. The van der Waals surface area contributed by atoms with E-state index in [2.05, 4.69) is 31.1 Å². The summed E-state index contributed by atoms with van der Waals surface area (Å²) < 4.78 is 5.38. The van der Waals surface area contributed by atoms with Crippen LogP contribution in [-0.4, -0.2) is 24.7 Å². The zero-order valence-corrected chi connectivity index (χ0v) is 12.5. The lowest BCUT2D eigenvalue weighted by Gasteiger charge is -2.13. The first-order chi connectivity index (χ1) is 8.55. The Morgan fingerprint density at radius 3 is 2.94 bits per heavy atom. The standard InChI is InChI=1S/C14H24N2OS/c1-14(2,3)13-16-9-12(18-13)8-15-6-4-11-5-7-17-10-11/h9,11,15H,4-8,10H2,1-3H3. The summed E-state index contributed by atoms with van der Waals surface area (Å²) in [6.07, 6.45) is 4.47. The van der Waals surface area contributed by atoms with Gasteiger partial charge in [-0.3, -0.25) is 0 Å². The number of rotatable bonds is 5. The largest absolute Gasteiger partial charge is 0.381 e. The van der Waals surface area contributed by atoms with Crippen LogP contribution in [0.1, 0.15) is 43.5 Å². The SMILES string of the molecule is CC(C)(C)c1ncc(CNCCC2CCOC2)s1. The van der Waals surface area contributed by atoms with Crippen LogP contribution < -0.4 is 5.32 Å². The van der Waals surface area contributed by atoms with E-state index >= 15 is 0 Å². The molecular formula is C14H24N2OS. The van der Waals surface area contributed by atoms with Crippen LogP contribution in [-0.2, 0) is 16.7 Å². The van der Waals surface area contributed by atoms with Gasteiger partial charge in [0.2, 0.25) is 0 Å². The molecule has 102 valence electrons. The first-order valence-electron chi connectivity index (χ1n) is 6.79. The predicted octanol–water partition coefficient (Wildman–Crippen LogP) is 2.96. The maximum absolute atomic E-state index is 5.38. The summed E-state index contributed by atoms with van der Waals surface area (Å²) >= 11 is 1.82. The fourth-order valence-electron chi connectivity index (χ4n) is 2.06. The zero-order chi connectivity index (χ0) is 13.0. The van der Waals surface area contributed by atoms with E-state index < -0.39 is 0 Å². The first-order valence-corrected chi connectivity index (χ1v) is 7.61. The second-order valence-electron chi connectivity index (χ2n) is 6.08. The Morgan fingerprint density at radius 1 is 1.50 bits per heavy atom. The molecule has 0 spiro atoms. The molecule has 1 saturated heterocycles. The molecule has 1 fully saturated rings. The van der Waals surface area contributed by atoms with Crippen molar-refractivity contribution in [3.63, 3.8) is 0 Å². The van der Waals surface area contributed by atoms with E-state index in [1.54, 1.807) is 0 Å². The van der Waals surface area contributed by atoms with Crippen molar-refractivity contribution >= 4 is 11.3 Å². The topological polar surface area (TPSA) is 34.2 Å². The van der Waals surface area contributed by atoms with Crippen LogP contribution in [0.4, 0.5) is 0 Å². The Morgan fingerprint density at radius 2 is 2.33 bits per heavy atom. The molecule has 3 nitrogen and oxygen atoms in total. The minimum atomic E-state index is 0.171. The second kappa shape index (κ2) is 6.13. The maximum Gasteiger partial charge on any atom is 0.0981 e. The quantitative estimate of drug-likeness (QED) is 0.834. The van der Waals surface area contributed by atoms with Crippen LogP contribution in [0.15, 0.2) is 6.20 Å². The van der Waals surface area contributed by atoms with E-state index in [-0.39, 0.29) is 5.41 Å². The predicted molar refractivity (Wildman–Crippen MR) is 76.1 cm³/mol. The molecule has 1 aliphatic rings. The van der Waals surface area contributed by atoms with Crippen molar-refractivity contribution in [2.45, 2.75) is 45.6 Å². The van der Waals surface area contributed by atoms with Crippen molar-refractivity contribution in [1.29, 1.82) is 0 Å². The molecule has 1 aliphatic heterocycles. The number of nitrogens with zero attached hydrogens (tertiary/aromatic N) is 1. The molecule has 1 aromatic heterocycles.